The lowest BCUT2D eigenvalue weighted by Crippen LogP contribution is -2.30. The minimum Gasteiger partial charge on any atom is -0.478 e. The maximum atomic E-state index is 6.11. The van der Waals surface area contributed by atoms with Gasteiger partial charge in [0.05, 0.1) is 18.6 Å². The molecule has 0 N–H and O–H groups in total. The van der Waals surface area contributed by atoms with E-state index in [9.17, 15) is 0 Å². The molecule has 18 heavy (non-hydrogen) atoms. The molecule has 0 fully saturated rings. The molecule has 1 aromatic rings. The first-order chi connectivity index (χ1) is 8.56. The zero-order valence-electron chi connectivity index (χ0n) is 11.3. The highest BCUT2D eigenvalue weighted by atomic mass is 35.5. The zero-order valence-corrected chi connectivity index (χ0v) is 12.1. The van der Waals surface area contributed by atoms with E-state index in [1.807, 2.05) is 31.9 Å². The van der Waals surface area contributed by atoms with Crippen LogP contribution >= 0.6 is 11.6 Å². The molecule has 6 heteroatoms. The minimum absolute atomic E-state index is 0.0975. The molecule has 0 aliphatic heterocycles. The Morgan fingerprint density at radius 3 is 2.78 bits per heavy atom. The highest BCUT2D eigenvalue weighted by molar-refractivity contribution is 6.21. The number of hydrogen-bond acceptors (Lipinski definition) is 5. The predicted molar refractivity (Wildman–Crippen MR) is 72.7 cm³/mol. The van der Waals surface area contributed by atoms with Gasteiger partial charge in [-0.2, -0.15) is 4.98 Å². The monoisotopic (exact) mass is 273 g/mol. The van der Waals surface area contributed by atoms with Gasteiger partial charge in [0, 0.05) is 32.5 Å². The summed E-state index contributed by atoms with van der Waals surface area (Å²) in [6.07, 6.45) is 0. The second-order valence-corrected chi connectivity index (χ2v) is 4.63. The molecular weight excluding hydrogens is 254 g/mol. The number of halogens is 1. The number of alkyl halides is 1. The van der Waals surface area contributed by atoms with Gasteiger partial charge in [0.2, 0.25) is 11.8 Å². The van der Waals surface area contributed by atoms with E-state index < -0.39 is 0 Å². The fourth-order valence-corrected chi connectivity index (χ4v) is 1.86. The van der Waals surface area contributed by atoms with Crippen LogP contribution in [0.2, 0.25) is 0 Å². The van der Waals surface area contributed by atoms with E-state index in [1.54, 1.807) is 7.11 Å². The predicted octanol–water partition coefficient (Wildman–Crippen LogP) is 1.87. The molecule has 0 saturated carbocycles. The van der Waals surface area contributed by atoms with Gasteiger partial charge >= 0.3 is 0 Å². The Balaban J connectivity index is 2.74. The Bertz CT molecular complexity index is 376. The van der Waals surface area contributed by atoms with Crippen molar-refractivity contribution in [2.24, 2.45) is 0 Å². The number of nitrogens with zero attached hydrogens (tertiary/aromatic N) is 3. The van der Waals surface area contributed by atoms with E-state index in [4.69, 9.17) is 21.1 Å². The molecule has 1 rings (SSSR count). The number of ether oxygens (including phenoxy) is 2. The molecule has 1 unspecified atom stereocenters. The Hall–Kier alpha value is -1.07. The average Bonchev–Trinajstić information content (AvgIpc) is 2.28. The third kappa shape index (κ3) is 4.66. The number of aromatic nitrogens is 2. The first-order valence-corrected chi connectivity index (χ1v) is 6.33. The first-order valence-electron chi connectivity index (χ1n) is 5.89. The van der Waals surface area contributed by atoms with Crippen LogP contribution in [-0.4, -0.2) is 49.3 Å². The largest absolute Gasteiger partial charge is 0.478 e. The summed E-state index contributed by atoms with van der Waals surface area (Å²) in [5.41, 5.74) is 0.869. The summed E-state index contributed by atoms with van der Waals surface area (Å²) in [4.78, 5) is 10.6. The van der Waals surface area contributed by atoms with Crippen molar-refractivity contribution in [3.8, 4) is 5.88 Å². The van der Waals surface area contributed by atoms with Crippen LogP contribution < -0.4 is 9.64 Å². The van der Waals surface area contributed by atoms with E-state index >= 15 is 0 Å². The molecular formula is C12H20ClN3O2. The summed E-state index contributed by atoms with van der Waals surface area (Å²) in [6, 6.07) is 1.81. The van der Waals surface area contributed by atoms with Crippen LogP contribution in [0.1, 0.15) is 12.6 Å². The van der Waals surface area contributed by atoms with Gasteiger partial charge in [-0.15, -0.1) is 11.6 Å². The Labute approximate surface area is 113 Å². The van der Waals surface area contributed by atoms with Crippen molar-refractivity contribution in [1.82, 2.24) is 9.97 Å². The van der Waals surface area contributed by atoms with Crippen molar-refractivity contribution in [1.29, 1.82) is 0 Å². The molecule has 1 atom stereocenters. The number of aryl methyl sites for hydroxylation is 1. The summed E-state index contributed by atoms with van der Waals surface area (Å²) >= 11 is 6.11. The van der Waals surface area contributed by atoms with Crippen LogP contribution in [0.25, 0.3) is 0 Å². The molecule has 0 spiro atoms. The first kappa shape index (κ1) is 15.0. The molecule has 0 aliphatic carbocycles. The standard InChI is InChI=1S/C12H20ClN3O2/c1-5-18-11-6-9(2)14-12(15-11)16(3)7-10(13)8-17-4/h6,10H,5,7-8H2,1-4H3. The van der Waals surface area contributed by atoms with Crippen LogP contribution in [0.5, 0.6) is 5.88 Å². The third-order valence-corrected chi connectivity index (χ3v) is 2.54. The fourth-order valence-electron chi connectivity index (χ4n) is 1.53. The molecule has 0 aliphatic rings. The molecule has 102 valence electrons. The molecule has 0 bridgehead atoms. The highest BCUT2D eigenvalue weighted by Gasteiger charge is 2.12. The number of rotatable bonds is 7. The Morgan fingerprint density at radius 1 is 1.44 bits per heavy atom. The molecule has 1 heterocycles. The van der Waals surface area contributed by atoms with Crippen LogP contribution in [0.15, 0.2) is 6.07 Å². The van der Waals surface area contributed by atoms with Gasteiger partial charge in [-0.1, -0.05) is 0 Å². The van der Waals surface area contributed by atoms with Gasteiger partial charge in [-0.3, -0.25) is 0 Å². The second kappa shape index (κ2) is 7.38. The summed E-state index contributed by atoms with van der Waals surface area (Å²) in [5, 5.41) is -0.0975. The summed E-state index contributed by atoms with van der Waals surface area (Å²) in [6.45, 7) is 5.53. The van der Waals surface area contributed by atoms with Crippen molar-refractivity contribution in [2.75, 3.05) is 38.8 Å². The van der Waals surface area contributed by atoms with E-state index in [1.165, 1.54) is 0 Å². The fraction of sp³-hybridized carbons (Fsp3) is 0.667. The highest BCUT2D eigenvalue weighted by Crippen LogP contribution is 2.15. The van der Waals surface area contributed by atoms with Crippen LogP contribution in [0, 0.1) is 6.92 Å². The third-order valence-electron chi connectivity index (χ3n) is 2.27. The van der Waals surface area contributed by atoms with Gasteiger partial charge in [-0.25, -0.2) is 4.98 Å². The summed E-state index contributed by atoms with van der Waals surface area (Å²) in [7, 11) is 3.53. The molecule has 1 aromatic heterocycles. The normalized spacial score (nSPS) is 12.3. The molecule has 0 amide bonds. The lowest BCUT2D eigenvalue weighted by Gasteiger charge is -2.20. The van der Waals surface area contributed by atoms with Crippen molar-refractivity contribution in [3.63, 3.8) is 0 Å². The summed E-state index contributed by atoms with van der Waals surface area (Å²) < 4.78 is 10.4. The maximum Gasteiger partial charge on any atom is 0.228 e. The van der Waals surface area contributed by atoms with Crippen molar-refractivity contribution >= 4 is 17.5 Å². The van der Waals surface area contributed by atoms with Gasteiger partial charge in [-0.05, 0) is 13.8 Å². The van der Waals surface area contributed by atoms with Crippen molar-refractivity contribution in [3.05, 3.63) is 11.8 Å². The number of methoxy groups -OCH3 is 1. The molecule has 5 nitrogen and oxygen atoms in total. The smallest absolute Gasteiger partial charge is 0.228 e. The molecule has 0 aromatic carbocycles. The van der Waals surface area contributed by atoms with Crippen LogP contribution in [0.4, 0.5) is 5.95 Å². The topological polar surface area (TPSA) is 47.5 Å². The van der Waals surface area contributed by atoms with E-state index in [-0.39, 0.29) is 5.38 Å². The lowest BCUT2D eigenvalue weighted by molar-refractivity contribution is 0.199. The van der Waals surface area contributed by atoms with Crippen LogP contribution in [0.3, 0.4) is 0 Å². The lowest BCUT2D eigenvalue weighted by atomic mass is 10.4. The number of anilines is 1. The minimum atomic E-state index is -0.0975. The van der Waals surface area contributed by atoms with E-state index in [2.05, 4.69) is 9.97 Å². The molecule has 0 radical (unpaired) electrons. The van der Waals surface area contributed by atoms with E-state index in [0.29, 0.717) is 31.6 Å². The van der Waals surface area contributed by atoms with Gasteiger partial charge in [0.15, 0.2) is 0 Å². The van der Waals surface area contributed by atoms with Gasteiger partial charge in [0.25, 0.3) is 0 Å². The van der Waals surface area contributed by atoms with E-state index in [0.717, 1.165) is 5.69 Å². The summed E-state index contributed by atoms with van der Waals surface area (Å²) in [5.74, 6) is 1.20. The SMILES string of the molecule is CCOc1cc(C)nc(N(C)CC(Cl)COC)n1. The maximum absolute atomic E-state index is 6.11. The van der Waals surface area contributed by atoms with Crippen molar-refractivity contribution in [2.45, 2.75) is 19.2 Å². The van der Waals surface area contributed by atoms with Crippen LogP contribution in [-0.2, 0) is 4.74 Å². The quantitative estimate of drug-likeness (QED) is 0.710. The number of hydrogen-bond donors (Lipinski definition) is 0. The van der Waals surface area contributed by atoms with Gasteiger partial charge in [0.1, 0.15) is 0 Å². The Kier molecular flexibility index (Phi) is 6.15. The van der Waals surface area contributed by atoms with Crippen molar-refractivity contribution < 1.29 is 9.47 Å². The zero-order chi connectivity index (χ0) is 13.5. The van der Waals surface area contributed by atoms with Gasteiger partial charge < -0.3 is 14.4 Å². The molecule has 0 saturated heterocycles. The second-order valence-electron chi connectivity index (χ2n) is 4.01. The Morgan fingerprint density at radius 2 is 2.17 bits per heavy atom. The average molecular weight is 274 g/mol.